The minimum atomic E-state index is -1.11. The van der Waals surface area contributed by atoms with Crippen LogP contribution in [0, 0.1) is 10.1 Å². The van der Waals surface area contributed by atoms with Crippen LogP contribution >= 0.6 is 11.3 Å². The molecule has 1 aromatic carbocycles. The Morgan fingerprint density at radius 2 is 2.33 bits per heavy atom. The predicted octanol–water partition coefficient (Wildman–Crippen LogP) is 2.37. The number of ether oxygens (including phenoxy) is 1. The number of benzene rings is 1. The summed E-state index contributed by atoms with van der Waals surface area (Å²) in [6.45, 7) is 0.186. The first kappa shape index (κ1) is 14.7. The van der Waals surface area contributed by atoms with Gasteiger partial charge in [0.05, 0.1) is 18.6 Å². The highest BCUT2D eigenvalue weighted by atomic mass is 32.1. The van der Waals surface area contributed by atoms with Crippen LogP contribution in [0.25, 0.3) is 0 Å². The van der Waals surface area contributed by atoms with Gasteiger partial charge in [-0.1, -0.05) is 6.07 Å². The number of hydrogen-bond acceptors (Lipinski definition) is 7. The summed E-state index contributed by atoms with van der Waals surface area (Å²) < 4.78 is 4.96. The first-order valence-corrected chi connectivity index (χ1v) is 6.64. The number of carboxylic acids is 1. The molecule has 0 radical (unpaired) electrons. The Kier molecular flexibility index (Phi) is 4.33. The molecule has 0 unspecified atom stereocenters. The average Bonchev–Trinajstić information content (AvgIpc) is 2.93. The normalized spacial score (nSPS) is 10.1. The van der Waals surface area contributed by atoms with Gasteiger partial charge in [-0.3, -0.25) is 10.1 Å². The fourth-order valence-electron chi connectivity index (χ4n) is 1.68. The van der Waals surface area contributed by atoms with Crippen molar-refractivity contribution in [1.82, 2.24) is 4.98 Å². The van der Waals surface area contributed by atoms with E-state index in [1.54, 1.807) is 12.1 Å². The highest BCUT2D eigenvalue weighted by Crippen LogP contribution is 2.34. The highest BCUT2D eigenvalue weighted by Gasteiger charge is 2.20. The van der Waals surface area contributed by atoms with E-state index < -0.39 is 10.9 Å². The minimum absolute atomic E-state index is 0.0445. The van der Waals surface area contributed by atoms with Crippen molar-refractivity contribution in [2.75, 3.05) is 12.4 Å². The standard InChI is InChI=1S/C12H11N3O5S/c1-20-9-4-2-3-7(11(9)15(18)19)13-5-10-14-8(6-21-10)12(16)17/h2-4,6,13H,5H2,1H3,(H,16,17). The zero-order chi connectivity index (χ0) is 15.4. The molecule has 9 heteroatoms. The third-order valence-electron chi connectivity index (χ3n) is 2.60. The monoisotopic (exact) mass is 309 g/mol. The van der Waals surface area contributed by atoms with Gasteiger partial charge in [0.1, 0.15) is 10.7 Å². The maximum Gasteiger partial charge on any atom is 0.355 e. The second-order valence-electron chi connectivity index (χ2n) is 3.90. The quantitative estimate of drug-likeness (QED) is 0.621. The summed E-state index contributed by atoms with van der Waals surface area (Å²) in [4.78, 5) is 25.2. The smallest absolute Gasteiger partial charge is 0.355 e. The van der Waals surface area contributed by atoms with Gasteiger partial charge >= 0.3 is 11.7 Å². The fraction of sp³-hybridized carbons (Fsp3) is 0.167. The van der Waals surface area contributed by atoms with E-state index in [1.165, 1.54) is 29.9 Å². The molecule has 2 aromatic rings. The molecule has 0 aliphatic heterocycles. The zero-order valence-electron chi connectivity index (χ0n) is 10.9. The molecule has 2 rings (SSSR count). The lowest BCUT2D eigenvalue weighted by molar-refractivity contribution is -0.384. The second-order valence-corrected chi connectivity index (χ2v) is 4.84. The molecule has 0 amide bonds. The van der Waals surface area contributed by atoms with E-state index in [0.29, 0.717) is 5.01 Å². The number of aromatic nitrogens is 1. The molecule has 2 N–H and O–H groups in total. The van der Waals surface area contributed by atoms with Crippen molar-refractivity contribution in [2.24, 2.45) is 0 Å². The van der Waals surface area contributed by atoms with Crippen LogP contribution in [0.5, 0.6) is 5.75 Å². The average molecular weight is 309 g/mol. The number of thiazole rings is 1. The van der Waals surface area contributed by atoms with Crippen molar-refractivity contribution in [3.63, 3.8) is 0 Å². The van der Waals surface area contributed by atoms with Crippen molar-refractivity contribution >= 4 is 28.7 Å². The SMILES string of the molecule is COc1cccc(NCc2nc(C(=O)O)cs2)c1[N+](=O)[O-]. The van der Waals surface area contributed by atoms with E-state index in [1.807, 2.05) is 0 Å². The van der Waals surface area contributed by atoms with E-state index in [0.717, 1.165) is 0 Å². The van der Waals surface area contributed by atoms with Gasteiger partial charge in [-0.05, 0) is 12.1 Å². The number of nitro groups is 1. The largest absolute Gasteiger partial charge is 0.490 e. The van der Waals surface area contributed by atoms with Gasteiger partial charge in [-0.2, -0.15) is 0 Å². The van der Waals surface area contributed by atoms with Gasteiger partial charge in [0.2, 0.25) is 0 Å². The fourth-order valence-corrected chi connectivity index (χ4v) is 2.39. The van der Waals surface area contributed by atoms with Crippen molar-refractivity contribution in [3.05, 3.63) is 44.4 Å². The van der Waals surface area contributed by atoms with E-state index >= 15 is 0 Å². The molecule has 0 saturated heterocycles. The summed E-state index contributed by atoms with van der Waals surface area (Å²) in [5, 5.41) is 24.7. The molecular weight excluding hydrogens is 298 g/mol. The number of rotatable bonds is 6. The number of para-hydroxylation sites is 1. The number of nitro benzene ring substituents is 1. The van der Waals surface area contributed by atoms with Gasteiger partial charge in [-0.25, -0.2) is 9.78 Å². The molecular formula is C12H11N3O5S. The maximum absolute atomic E-state index is 11.1. The highest BCUT2D eigenvalue weighted by molar-refractivity contribution is 7.09. The summed E-state index contributed by atoms with van der Waals surface area (Å²) in [6, 6.07) is 4.67. The molecule has 1 heterocycles. The molecule has 0 fully saturated rings. The predicted molar refractivity (Wildman–Crippen MR) is 76.0 cm³/mol. The Labute approximate surface area is 123 Å². The van der Waals surface area contributed by atoms with Crippen LogP contribution in [0.2, 0.25) is 0 Å². The second kappa shape index (κ2) is 6.18. The molecule has 1 aromatic heterocycles. The maximum atomic E-state index is 11.1. The van der Waals surface area contributed by atoms with E-state index in [9.17, 15) is 14.9 Å². The summed E-state index contributed by atoms with van der Waals surface area (Å²) in [5.41, 5.74) is 0.0679. The van der Waals surface area contributed by atoms with Crippen LogP contribution < -0.4 is 10.1 Å². The first-order chi connectivity index (χ1) is 10.0. The number of methoxy groups -OCH3 is 1. The van der Waals surface area contributed by atoms with Crippen molar-refractivity contribution in [2.45, 2.75) is 6.54 Å². The number of carboxylic acid groups (broad SMARTS) is 1. The van der Waals surface area contributed by atoms with Gasteiger partial charge in [0.15, 0.2) is 11.4 Å². The summed E-state index contributed by atoms with van der Waals surface area (Å²) in [6.07, 6.45) is 0. The molecule has 0 atom stereocenters. The molecule has 0 saturated carbocycles. The van der Waals surface area contributed by atoms with E-state index in [-0.39, 0.29) is 29.4 Å². The lowest BCUT2D eigenvalue weighted by Crippen LogP contribution is -2.04. The van der Waals surface area contributed by atoms with E-state index in [4.69, 9.17) is 9.84 Å². The molecule has 8 nitrogen and oxygen atoms in total. The lowest BCUT2D eigenvalue weighted by Gasteiger charge is -2.08. The van der Waals surface area contributed by atoms with Crippen molar-refractivity contribution in [3.8, 4) is 5.75 Å². The van der Waals surface area contributed by atoms with Crippen LogP contribution in [0.1, 0.15) is 15.5 Å². The summed E-state index contributed by atoms with van der Waals surface area (Å²) in [7, 11) is 1.35. The first-order valence-electron chi connectivity index (χ1n) is 5.76. The number of carbonyl (C=O) groups is 1. The number of nitrogens with one attached hydrogen (secondary N) is 1. The van der Waals surface area contributed by atoms with Crippen LogP contribution in [0.15, 0.2) is 23.6 Å². The van der Waals surface area contributed by atoms with Gasteiger partial charge in [0.25, 0.3) is 0 Å². The van der Waals surface area contributed by atoms with Gasteiger partial charge in [-0.15, -0.1) is 11.3 Å². The topological polar surface area (TPSA) is 115 Å². The van der Waals surface area contributed by atoms with Crippen LogP contribution in [0.4, 0.5) is 11.4 Å². The van der Waals surface area contributed by atoms with Crippen LogP contribution in [-0.4, -0.2) is 28.1 Å². The number of hydrogen-bond donors (Lipinski definition) is 2. The molecule has 0 spiro atoms. The zero-order valence-corrected chi connectivity index (χ0v) is 11.7. The Balaban J connectivity index is 2.19. The van der Waals surface area contributed by atoms with Crippen molar-refractivity contribution in [1.29, 1.82) is 0 Å². The Bertz CT molecular complexity index is 685. The number of nitrogens with zero attached hydrogens (tertiary/aromatic N) is 2. The lowest BCUT2D eigenvalue weighted by atomic mass is 10.2. The van der Waals surface area contributed by atoms with Gasteiger partial charge < -0.3 is 15.2 Å². The Hall–Kier alpha value is -2.68. The van der Waals surface area contributed by atoms with Crippen molar-refractivity contribution < 1.29 is 19.6 Å². The van der Waals surface area contributed by atoms with Crippen LogP contribution in [0.3, 0.4) is 0 Å². The Morgan fingerprint density at radius 3 is 2.90 bits per heavy atom. The summed E-state index contributed by atoms with van der Waals surface area (Å²) >= 11 is 1.17. The molecule has 21 heavy (non-hydrogen) atoms. The summed E-state index contributed by atoms with van der Waals surface area (Å²) in [5.74, 6) is -0.958. The minimum Gasteiger partial charge on any atom is -0.490 e. The van der Waals surface area contributed by atoms with E-state index in [2.05, 4.69) is 10.3 Å². The van der Waals surface area contributed by atoms with Crippen LogP contribution in [-0.2, 0) is 6.54 Å². The molecule has 0 aliphatic carbocycles. The number of aromatic carboxylic acids is 1. The molecule has 0 aliphatic rings. The number of anilines is 1. The third kappa shape index (κ3) is 3.26. The molecule has 110 valence electrons. The van der Waals surface area contributed by atoms with Gasteiger partial charge in [0, 0.05) is 5.38 Å². The Morgan fingerprint density at radius 1 is 1.57 bits per heavy atom. The molecule has 0 bridgehead atoms. The third-order valence-corrected chi connectivity index (χ3v) is 3.45.